The maximum atomic E-state index is 11.7. The van der Waals surface area contributed by atoms with E-state index in [-0.39, 0.29) is 0 Å². The Morgan fingerprint density at radius 2 is 1.00 bits per heavy atom. The molecule has 0 amide bonds. The molecule has 0 saturated heterocycles. The fourth-order valence-electron chi connectivity index (χ4n) is 4.98. The number of unbranched alkanes of at least 4 members (excludes halogenated alkanes) is 5. The van der Waals surface area contributed by atoms with Crippen LogP contribution in [-0.4, -0.2) is 4.70 Å². The zero-order chi connectivity index (χ0) is 24.3. The first-order valence-corrected chi connectivity index (χ1v) is 13.8. The maximum absolute atomic E-state index is 11.7. The van der Waals surface area contributed by atoms with Gasteiger partial charge in [-0.3, -0.25) is 0 Å². The first kappa shape index (κ1) is 26.1. The van der Waals surface area contributed by atoms with Crippen LogP contribution in [0.25, 0.3) is 16.9 Å². The standard InChI is InChI=1S/C32H44N2/c1-5-9-12-13-16-30-29(15-11-7-3)31(28-23-19-26(20-24-28)14-10-6-2)34(33)32(30)27-21-17-25(8-4)18-22-27/h17-24H,5-16H2,1-4H3. The molecule has 2 aromatic carbocycles. The van der Waals surface area contributed by atoms with Crippen molar-refractivity contribution in [2.75, 3.05) is 0 Å². The summed E-state index contributed by atoms with van der Waals surface area (Å²) in [4.78, 5) is 0. The van der Waals surface area contributed by atoms with Crippen molar-refractivity contribution in [2.24, 2.45) is 0 Å². The van der Waals surface area contributed by atoms with E-state index in [1.54, 1.807) is 0 Å². The van der Waals surface area contributed by atoms with Gasteiger partial charge in [-0.1, -0.05) is 84.1 Å². The zero-order valence-electron chi connectivity index (χ0n) is 22.0. The molecule has 0 saturated carbocycles. The van der Waals surface area contributed by atoms with Crippen LogP contribution < -0.4 is 0 Å². The van der Waals surface area contributed by atoms with Gasteiger partial charge in [0.25, 0.3) is 0 Å². The topological polar surface area (TPSA) is 25.3 Å². The molecule has 0 atom stereocenters. The molecule has 0 spiro atoms. The lowest BCUT2D eigenvalue weighted by molar-refractivity contribution is -0.345. The average Bonchev–Trinajstić information content (AvgIpc) is 3.15. The molecular formula is C32H44N2. The summed E-state index contributed by atoms with van der Waals surface area (Å²) in [6.45, 7) is 8.95. The van der Waals surface area contributed by atoms with Gasteiger partial charge in [-0.05, 0) is 80.3 Å². The summed E-state index contributed by atoms with van der Waals surface area (Å²) >= 11 is 0. The van der Waals surface area contributed by atoms with Crippen molar-refractivity contribution in [2.45, 2.75) is 105 Å². The summed E-state index contributed by atoms with van der Waals surface area (Å²) in [5.74, 6) is 0. The van der Waals surface area contributed by atoms with E-state index in [0.717, 1.165) is 61.0 Å². The SMILES string of the molecule is CCCCCCC1=C(c2ccc(CC)cc2)[N+](=[N-])C(c2ccc(CCCC)cc2)=C1CCCC. The highest BCUT2D eigenvalue weighted by Gasteiger charge is 2.35. The van der Waals surface area contributed by atoms with Crippen LogP contribution in [0.2, 0.25) is 0 Å². The van der Waals surface area contributed by atoms with Crippen molar-refractivity contribution in [3.63, 3.8) is 0 Å². The summed E-state index contributed by atoms with van der Waals surface area (Å²) in [6.07, 6.45) is 13.9. The number of nitrogens with zero attached hydrogens (tertiary/aromatic N) is 2. The smallest absolute Gasteiger partial charge is 0.211 e. The Kier molecular flexibility index (Phi) is 10.3. The van der Waals surface area contributed by atoms with Gasteiger partial charge in [0.1, 0.15) is 0 Å². The number of benzene rings is 2. The van der Waals surface area contributed by atoms with Gasteiger partial charge in [0, 0.05) is 22.3 Å². The van der Waals surface area contributed by atoms with Gasteiger partial charge in [0.2, 0.25) is 11.4 Å². The van der Waals surface area contributed by atoms with E-state index in [4.69, 9.17) is 0 Å². The van der Waals surface area contributed by atoms with Crippen LogP contribution in [0, 0.1) is 0 Å². The third kappa shape index (κ3) is 6.34. The molecule has 0 unspecified atom stereocenters. The normalized spacial score (nSPS) is 13.9. The van der Waals surface area contributed by atoms with Crippen LogP contribution >= 0.6 is 0 Å². The molecule has 2 nitrogen and oxygen atoms in total. The molecule has 34 heavy (non-hydrogen) atoms. The quantitative estimate of drug-likeness (QED) is 0.200. The van der Waals surface area contributed by atoms with Crippen LogP contribution in [0.15, 0.2) is 59.7 Å². The average molecular weight is 457 g/mol. The summed E-state index contributed by atoms with van der Waals surface area (Å²) in [6, 6.07) is 17.7. The van der Waals surface area contributed by atoms with E-state index in [0.29, 0.717) is 0 Å². The lowest BCUT2D eigenvalue weighted by Crippen LogP contribution is -2.03. The van der Waals surface area contributed by atoms with E-state index in [1.807, 2.05) is 0 Å². The van der Waals surface area contributed by atoms with Gasteiger partial charge in [-0.2, -0.15) is 0 Å². The molecule has 0 fully saturated rings. The Bertz CT molecular complexity index is 990. The Morgan fingerprint density at radius 3 is 1.50 bits per heavy atom. The minimum Gasteiger partial charge on any atom is -0.493 e. The lowest BCUT2D eigenvalue weighted by Gasteiger charge is -2.10. The molecule has 3 rings (SSSR count). The van der Waals surface area contributed by atoms with E-state index < -0.39 is 0 Å². The molecule has 2 aromatic rings. The summed E-state index contributed by atoms with van der Waals surface area (Å²) in [7, 11) is 0. The van der Waals surface area contributed by atoms with Crippen LogP contribution in [0.3, 0.4) is 0 Å². The molecule has 0 aliphatic carbocycles. The third-order valence-electron chi connectivity index (χ3n) is 7.10. The molecule has 2 heteroatoms. The first-order chi connectivity index (χ1) is 16.6. The molecular weight excluding hydrogens is 412 g/mol. The van der Waals surface area contributed by atoms with E-state index in [1.165, 1.54) is 65.5 Å². The van der Waals surface area contributed by atoms with Crippen molar-refractivity contribution >= 4 is 11.4 Å². The molecule has 0 aromatic heterocycles. The van der Waals surface area contributed by atoms with Crippen LogP contribution in [-0.2, 0) is 12.8 Å². The molecule has 1 heterocycles. The number of allylic oxidation sites excluding steroid dienone is 2. The van der Waals surface area contributed by atoms with E-state index >= 15 is 0 Å². The van der Waals surface area contributed by atoms with Crippen LogP contribution in [0.1, 0.15) is 114 Å². The van der Waals surface area contributed by atoms with E-state index in [9.17, 15) is 5.53 Å². The van der Waals surface area contributed by atoms with E-state index in [2.05, 4.69) is 76.2 Å². The number of hydrogen-bond donors (Lipinski definition) is 0. The largest absolute Gasteiger partial charge is 0.493 e. The molecule has 0 N–H and O–H groups in total. The number of hydrogen-bond acceptors (Lipinski definition) is 0. The minimum absolute atomic E-state index is 0.996. The number of rotatable bonds is 14. The van der Waals surface area contributed by atoms with Crippen molar-refractivity contribution in [3.05, 3.63) is 87.5 Å². The predicted molar refractivity (Wildman–Crippen MR) is 147 cm³/mol. The monoisotopic (exact) mass is 456 g/mol. The highest BCUT2D eigenvalue weighted by molar-refractivity contribution is 5.82. The third-order valence-corrected chi connectivity index (χ3v) is 7.10. The highest BCUT2D eigenvalue weighted by atomic mass is 15.2. The van der Waals surface area contributed by atoms with Crippen molar-refractivity contribution < 1.29 is 4.70 Å². The second-order valence-electron chi connectivity index (χ2n) is 9.73. The van der Waals surface area contributed by atoms with Gasteiger partial charge < -0.3 is 5.53 Å². The Morgan fingerprint density at radius 1 is 0.529 bits per heavy atom. The summed E-state index contributed by atoms with van der Waals surface area (Å²) in [5, 5.41) is 0. The molecule has 1 aliphatic rings. The number of aryl methyl sites for hydroxylation is 2. The second-order valence-corrected chi connectivity index (χ2v) is 9.73. The zero-order valence-corrected chi connectivity index (χ0v) is 22.0. The van der Waals surface area contributed by atoms with Gasteiger partial charge in [-0.25, -0.2) is 4.70 Å². The molecule has 0 radical (unpaired) electrons. The van der Waals surface area contributed by atoms with Crippen LogP contribution in [0.5, 0.6) is 0 Å². The first-order valence-electron chi connectivity index (χ1n) is 13.8. The Labute approximate surface area is 208 Å². The van der Waals surface area contributed by atoms with Gasteiger partial charge in [0.15, 0.2) is 0 Å². The highest BCUT2D eigenvalue weighted by Crippen LogP contribution is 2.44. The second kappa shape index (κ2) is 13.4. The van der Waals surface area contributed by atoms with Gasteiger partial charge in [0.05, 0.1) is 0 Å². The Hall–Kier alpha value is -2.48. The molecule has 182 valence electrons. The summed E-state index contributed by atoms with van der Waals surface area (Å²) in [5.41, 5.74) is 21.3. The van der Waals surface area contributed by atoms with Gasteiger partial charge in [-0.15, -0.1) is 0 Å². The molecule has 1 aliphatic heterocycles. The predicted octanol–water partition coefficient (Wildman–Crippen LogP) is 9.92. The van der Waals surface area contributed by atoms with Gasteiger partial charge >= 0.3 is 0 Å². The van der Waals surface area contributed by atoms with Crippen molar-refractivity contribution in [1.29, 1.82) is 0 Å². The lowest BCUT2D eigenvalue weighted by atomic mass is 9.91. The fraction of sp³-hybridized carbons (Fsp3) is 0.500. The summed E-state index contributed by atoms with van der Waals surface area (Å²) < 4.78 is 1.52. The fourth-order valence-corrected chi connectivity index (χ4v) is 4.98. The maximum Gasteiger partial charge on any atom is 0.211 e. The van der Waals surface area contributed by atoms with Crippen LogP contribution in [0.4, 0.5) is 0 Å². The van der Waals surface area contributed by atoms with Crippen molar-refractivity contribution in [3.8, 4) is 0 Å². The van der Waals surface area contributed by atoms with Crippen molar-refractivity contribution in [1.82, 2.24) is 0 Å². The Balaban J connectivity index is 2.04. The molecule has 0 bridgehead atoms. The minimum atomic E-state index is 0.996.